The van der Waals surface area contributed by atoms with Crippen LogP contribution in [0.2, 0.25) is 0 Å². The number of rotatable bonds is 3. The van der Waals surface area contributed by atoms with Crippen molar-refractivity contribution in [2.24, 2.45) is 11.8 Å². The Balaban J connectivity index is 1.50. The van der Waals surface area contributed by atoms with E-state index in [1.54, 1.807) is 29.4 Å². The Morgan fingerprint density at radius 1 is 1.29 bits per heavy atom. The molecule has 2 aromatic heterocycles. The first kappa shape index (κ1) is 16.3. The Bertz CT molecular complexity index is 763. The Labute approximate surface area is 151 Å². The molecule has 2 aromatic rings. The third-order valence-corrected chi connectivity index (χ3v) is 7.19. The standard InChI is InChI=1S/C18H23N3OS2/c1-11-6-12(2)8-21(7-11)15(22)9-23-17-16-13-4-3-5-14(13)24-18(16)20-10-19-17/h10-12H,3-9H2,1-2H3. The van der Waals surface area contributed by atoms with Gasteiger partial charge in [0.05, 0.1) is 5.75 Å². The van der Waals surface area contributed by atoms with Gasteiger partial charge in [-0.3, -0.25) is 4.79 Å². The van der Waals surface area contributed by atoms with Gasteiger partial charge in [-0.15, -0.1) is 11.3 Å². The molecule has 1 aliphatic heterocycles. The van der Waals surface area contributed by atoms with Crippen LogP contribution in [-0.2, 0) is 17.6 Å². The number of carbonyl (C=O) groups excluding carboxylic acids is 1. The second-order valence-corrected chi connectivity index (χ2v) is 9.30. The zero-order chi connectivity index (χ0) is 16.7. The number of amides is 1. The number of likely N-dealkylation sites (tertiary alicyclic amines) is 1. The van der Waals surface area contributed by atoms with Crippen LogP contribution < -0.4 is 0 Å². The highest BCUT2D eigenvalue weighted by molar-refractivity contribution is 8.00. The minimum atomic E-state index is 0.247. The quantitative estimate of drug-likeness (QED) is 0.617. The second-order valence-electron chi connectivity index (χ2n) is 7.25. The summed E-state index contributed by atoms with van der Waals surface area (Å²) in [4.78, 5) is 26.2. The van der Waals surface area contributed by atoms with Gasteiger partial charge in [-0.25, -0.2) is 9.97 Å². The minimum Gasteiger partial charge on any atom is -0.341 e. The van der Waals surface area contributed by atoms with Crippen LogP contribution >= 0.6 is 23.1 Å². The Morgan fingerprint density at radius 3 is 2.88 bits per heavy atom. The predicted molar refractivity (Wildman–Crippen MR) is 99.7 cm³/mol. The minimum absolute atomic E-state index is 0.247. The van der Waals surface area contributed by atoms with Crippen LogP contribution in [-0.4, -0.2) is 39.6 Å². The van der Waals surface area contributed by atoms with E-state index in [4.69, 9.17) is 0 Å². The van der Waals surface area contributed by atoms with Crippen molar-refractivity contribution in [1.29, 1.82) is 0 Å². The van der Waals surface area contributed by atoms with Crippen molar-refractivity contribution >= 4 is 39.2 Å². The van der Waals surface area contributed by atoms with E-state index < -0.39 is 0 Å². The first-order chi connectivity index (χ1) is 11.6. The van der Waals surface area contributed by atoms with E-state index in [0.717, 1.165) is 29.4 Å². The lowest BCUT2D eigenvalue weighted by Crippen LogP contribution is -2.43. The van der Waals surface area contributed by atoms with E-state index in [9.17, 15) is 4.79 Å². The zero-order valence-electron chi connectivity index (χ0n) is 14.2. The highest BCUT2D eigenvalue weighted by Crippen LogP contribution is 2.40. The third-order valence-electron chi connectivity index (χ3n) is 5.02. The third kappa shape index (κ3) is 3.06. The molecular formula is C18H23N3OS2. The molecule has 0 bridgehead atoms. The molecule has 1 fully saturated rings. The van der Waals surface area contributed by atoms with E-state index in [2.05, 4.69) is 23.8 Å². The van der Waals surface area contributed by atoms with E-state index in [0.29, 0.717) is 17.6 Å². The normalized spacial score (nSPS) is 23.7. The van der Waals surface area contributed by atoms with Crippen LogP contribution in [0.5, 0.6) is 0 Å². The molecule has 0 spiro atoms. The molecule has 1 aliphatic carbocycles. The molecule has 3 heterocycles. The molecule has 2 atom stereocenters. The lowest BCUT2D eigenvalue weighted by Gasteiger charge is -2.35. The first-order valence-electron chi connectivity index (χ1n) is 8.77. The van der Waals surface area contributed by atoms with Gasteiger partial charge in [0.15, 0.2) is 0 Å². The van der Waals surface area contributed by atoms with Gasteiger partial charge >= 0.3 is 0 Å². The van der Waals surface area contributed by atoms with E-state index in [-0.39, 0.29) is 5.91 Å². The van der Waals surface area contributed by atoms with Crippen molar-refractivity contribution in [2.45, 2.75) is 44.6 Å². The van der Waals surface area contributed by atoms with Gasteiger partial charge in [0.25, 0.3) is 0 Å². The zero-order valence-corrected chi connectivity index (χ0v) is 15.9. The highest BCUT2D eigenvalue weighted by atomic mass is 32.2. The van der Waals surface area contributed by atoms with Gasteiger partial charge < -0.3 is 4.90 Å². The number of piperidine rings is 1. The van der Waals surface area contributed by atoms with Crippen molar-refractivity contribution in [3.63, 3.8) is 0 Å². The molecule has 0 aromatic carbocycles. The van der Waals surface area contributed by atoms with Gasteiger partial charge in [-0.2, -0.15) is 0 Å². The fraction of sp³-hybridized carbons (Fsp3) is 0.611. The molecule has 1 amide bonds. The number of aryl methyl sites for hydroxylation is 2. The lowest BCUT2D eigenvalue weighted by atomic mass is 9.92. The number of aromatic nitrogens is 2. The van der Waals surface area contributed by atoms with Gasteiger partial charge in [0.2, 0.25) is 5.91 Å². The van der Waals surface area contributed by atoms with Crippen LogP contribution in [0.4, 0.5) is 0 Å². The summed E-state index contributed by atoms with van der Waals surface area (Å²) in [5, 5.41) is 2.21. The van der Waals surface area contributed by atoms with Gasteiger partial charge in [-0.1, -0.05) is 25.6 Å². The summed E-state index contributed by atoms with van der Waals surface area (Å²) >= 11 is 3.39. The molecule has 4 nitrogen and oxygen atoms in total. The molecule has 128 valence electrons. The maximum Gasteiger partial charge on any atom is 0.233 e. The Hall–Kier alpha value is -1.14. The van der Waals surface area contributed by atoms with Crippen molar-refractivity contribution in [3.8, 4) is 0 Å². The van der Waals surface area contributed by atoms with Gasteiger partial charge in [0, 0.05) is 23.4 Å². The monoisotopic (exact) mass is 361 g/mol. The van der Waals surface area contributed by atoms with Crippen molar-refractivity contribution in [2.75, 3.05) is 18.8 Å². The van der Waals surface area contributed by atoms with Crippen LogP contribution in [0.15, 0.2) is 11.4 Å². The maximum absolute atomic E-state index is 12.6. The number of hydrogen-bond donors (Lipinski definition) is 0. The molecule has 2 aliphatic rings. The number of carbonyl (C=O) groups is 1. The van der Waals surface area contributed by atoms with Gasteiger partial charge in [-0.05, 0) is 43.1 Å². The fourth-order valence-corrected chi connectivity index (χ4v) is 6.32. The molecule has 2 unspecified atom stereocenters. The molecule has 0 N–H and O–H groups in total. The largest absolute Gasteiger partial charge is 0.341 e. The smallest absolute Gasteiger partial charge is 0.233 e. The van der Waals surface area contributed by atoms with Crippen molar-refractivity contribution < 1.29 is 4.79 Å². The van der Waals surface area contributed by atoms with E-state index in [1.807, 2.05) is 4.90 Å². The number of thiophene rings is 1. The topological polar surface area (TPSA) is 46.1 Å². The number of fused-ring (bicyclic) bond motifs is 3. The Kier molecular flexibility index (Phi) is 4.52. The molecular weight excluding hydrogens is 338 g/mol. The van der Waals surface area contributed by atoms with Crippen molar-refractivity contribution in [1.82, 2.24) is 14.9 Å². The van der Waals surface area contributed by atoms with Crippen LogP contribution in [0.3, 0.4) is 0 Å². The average molecular weight is 362 g/mol. The van der Waals surface area contributed by atoms with Crippen molar-refractivity contribution in [3.05, 3.63) is 16.8 Å². The summed E-state index contributed by atoms with van der Waals surface area (Å²) in [5.41, 5.74) is 1.44. The summed E-state index contributed by atoms with van der Waals surface area (Å²) in [6, 6.07) is 0. The van der Waals surface area contributed by atoms with E-state index >= 15 is 0 Å². The molecule has 4 rings (SSSR count). The predicted octanol–water partition coefficient (Wildman–Crippen LogP) is 3.78. The fourth-order valence-electron chi connectivity index (χ4n) is 4.10. The number of hydrogen-bond acceptors (Lipinski definition) is 5. The molecule has 24 heavy (non-hydrogen) atoms. The molecule has 1 saturated heterocycles. The highest BCUT2D eigenvalue weighted by Gasteiger charge is 2.26. The maximum atomic E-state index is 12.6. The Morgan fingerprint density at radius 2 is 2.08 bits per heavy atom. The summed E-state index contributed by atoms with van der Waals surface area (Å²) in [7, 11) is 0. The van der Waals surface area contributed by atoms with E-state index in [1.165, 1.54) is 35.1 Å². The summed E-state index contributed by atoms with van der Waals surface area (Å²) in [6.45, 7) is 6.28. The summed E-state index contributed by atoms with van der Waals surface area (Å²) in [6.07, 6.45) is 6.41. The SMILES string of the molecule is CC1CC(C)CN(C(=O)CSc2ncnc3sc4c(c23)CCC4)C1. The molecule has 6 heteroatoms. The van der Waals surface area contributed by atoms with Crippen LogP contribution in [0.25, 0.3) is 10.2 Å². The molecule has 0 radical (unpaired) electrons. The first-order valence-corrected chi connectivity index (χ1v) is 10.6. The second kappa shape index (κ2) is 6.64. The summed E-state index contributed by atoms with van der Waals surface area (Å²) in [5.74, 6) is 1.94. The average Bonchev–Trinajstić information content (AvgIpc) is 3.12. The van der Waals surface area contributed by atoms with Crippen LogP contribution in [0.1, 0.15) is 37.1 Å². The number of thioether (sulfide) groups is 1. The summed E-state index contributed by atoms with van der Waals surface area (Å²) < 4.78 is 0. The number of nitrogens with zero attached hydrogens (tertiary/aromatic N) is 3. The molecule has 0 saturated carbocycles. The van der Waals surface area contributed by atoms with Gasteiger partial charge in [0.1, 0.15) is 16.2 Å². The van der Waals surface area contributed by atoms with Crippen LogP contribution in [0, 0.1) is 11.8 Å². The lowest BCUT2D eigenvalue weighted by molar-refractivity contribution is -0.130.